The maximum Gasteiger partial charge on any atom is 0.221 e. The van der Waals surface area contributed by atoms with Crippen LogP contribution in [0.3, 0.4) is 0 Å². The number of Topliss-reactive ketones (excluding diaryl/α,β-unsaturated/α-hetero) is 1. The van der Waals surface area contributed by atoms with E-state index in [1.54, 1.807) is 6.92 Å². The molecule has 1 unspecified atom stereocenters. The van der Waals surface area contributed by atoms with Gasteiger partial charge in [0.2, 0.25) is 5.91 Å². The summed E-state index contributed by atoms with van der Waals surface area (Å²) in [6.07, 6.45) is 1.61. The van der Waals surface area contributed by atoms with E-state index in [1.807, 2.05) is 13.8 Å². The molecule has 0 bridgehead atoms. The van der Waals surface area contributed by atoms with Crippen molar-refractivity contribution in [3.63, 3.8) is 0 Å². The molecule has 1 N–H and O–H groups in total. The summed E-state index contributed by atoms with van der Waals surface area (Å²) in [6, 6.07) is -0.450. The molecule has 0 aromatic heterocycles. The monoisotopic (exact) mass is 213 g/mol. The van der Waals surface area contributed by atoms with E-state index in [0.29, 0.717) is 6.42 Å². The van der Waals surface area contributed by atoms with Crippen molar-refractivity contribution in [2.75, 3.05) is 0 Å². The molecule has 0 rings (SSSR count). The van der Waals surface area contributed by atoms with E-state index in [0.717, 1.165) is 6.29 Å². The van der Waals surface area contributed by atoms with Gasteiger partial charge in [0.05, 0.1) is 6.04 Å². The second-order valence-electron chi connectivity index (χ2n) is 3.87. The minimum Gasteiger partial charge on any atom is -0.346 e. The fourth-order valence-corrected chi connectivity index (χ4v) is 1.05. The van der Waals surface area contributed by atoms with Gasteiger partial charge in [-0.25, -0.2) is 0 Å². The van der Waals surface area contributed by atoms with Crippen LogP contribution in [-0.2, 0) is 14.4 Å². The van der Waals surface area contributed by atoms with Crippen LogP contribution in [-0.4, -0.2) is 24.0 Å². The lowest BCUT2D eigenvalue weighted by Crippen LogP contribution is -2.39. The smallest absolute Gasteiger partial charge is 0.221 e. The molecule has 0 heterocycles. The second kappa shape index (κ2) is 7.15. The van der Waals surface area contributed by atoms with Gasteiger partial charge >= 0.3 is 0 Å². The van der Waals surface area contributed by atoms with Crippen LogP contribution < -0.4 is 5.32 Å². The van der Waals surface area contributed by atoms with Crippen molar-refractivity contribution in [1.29, 1.82) is 0 Å². The Balaban J connectivity index is 3.91. The number of ketones is 1. The van der Waals surface area contributed by atoms with Crippen LogP contribution in [0.2, 0.25) is 0 Å². The van der Waals surface area contributed by atoms with Crippen LogP contribution >= 0.6 is 0 Å². The summed E-state index contributed by atoms with van der Waals surface area (Å²) in [5, 5.41) is 2.59. The van der Waals surface area contributed by atoms with Crippen molar-refractivity contribution >= 4 is 18.0 Å². The highest BCUT2D eigenvalue weighted by molar-refractivity contribution is 5.86. The predicted octanol–water partition coefficient (Wildman–Crippen LogP) is 1.09. The van der Waals surface area contributed by atoms with Crippen molar-refractivity contribution in [3.05, 3.63) is 0 Å². The Morgan fingerprint density at radius 1 is 1.27 bits per heavy atom. The lowest BCUT2D eigenvalue weighted by molar-refractivity contribution is -0.127. The number of aldehydes is 1. The summed E-state index contributed by atoms with van der Waals surface area (Å²) in [5.74, 6) is -0.0896. The van der Waals surface area contributed by atoms with E-state index >= 15 is 0 Å². The Labute approximate surface area is 90.4 Å². The molecule has 0 spiro atoms. The van der Waals surface area contributed by atoms with Crippen molar-refractivity contribution in [1.82, 2.24) is 5.32 Å². The van der Waals surface area contributed by atoms with Crippen LogP contribution in [0.4, 0.5) is 0 Å². The average molecular weight is 213 g/mol. The molecule has 4 heteroatoms. The standard InChI is InChI=1S/C11H19NO3/c1-4-9(14)5-6-11(15)12-10(7-13)8(2)3/h7-8,10H,4-6H2,1-3H3,(H,12,15). The highest BCUT2D eigenvalue weighted by Crippen LogP contribution is 2.00. The molecular formula is C11H19NO3. The molecular weight excluding hydrogens is 194 g/mol. The largest absolute Gasteiger partial charge is 0.346 e. The molecule has 0 saturated heterocycles. The number of carbonyl (C=O) groups is 3. The molecule has 0 saturated carbocycles. The maximum atomic E-state index is 11.3. The van der Waals surface area contributed by atoms with Crippen molar-refractivity contribution in [3.8, 4) is 0 Å². The van der Waals surface area contributed by atoms with Crippen molar-refractivity contribution in [2.45, 2.75) is 46.1 Å². The molecule has 0 aromatic carbocycles. The summed E-state index contributed by atoms with van der Waals surface area (Å²) in [6.45, 7) is 5.48. The maximum absolute atomic E-state index is 11.3. The zero-order valence-electron chi connectivity index (χ0n) is 9.58. The molecule has 0 radical (unpaired) electrons. The predicted molar refractivity (Wildman–Crippen MR) is 57.4 cm³/mol. The molecule has 0 aliphatic heterocycles. The molecule has 0 fully saturated rings. The Bertz CT molecular complexity index is 236. The summed E-state index contributed by atoms with van der Waals surface area (Å²) >= 11 is 0. The van der Waals surface area contributed by atoms with Gasteiger partial charge in [0.25, 0.3) is 0 Å². The highest BCUT2D eigenvalue weighted by Gasteiger charge is 2.15. The molecule has 0 aromatic rings. The van der Waals surface area contributed by atoms with Gasteiger partial charge in [-0.3, -0.25) is 9.59 Å². The number of hydrogen-bond acceptors (Lipinski definition) is 3. The Morgan fingerprint density at radius 3 is 2.27 bits per heavy atom. The number of hydrogen-bond donors (Lipinski definition) is 1. The molecule has 4 nitrogen and oxygen atoms in total. The van der Waals surface area contributed by atoms with Crippen molar-refractivity contribution < 1.29 is 14.4 Å². The average Bonchev–Trinajstić information content (AvgIpc) is 2.21. The topological polar surface area (TPSA) is 63.2 Å². The normalized spacial score (nSPS) is 12.3. The van der Waals surface area contributed by atoms with Crippen LogP contribution in [0, 0.1) is 5.92 Å². The zero-order chi connectivity index (χ0) is 11.8. The number of carbonyl (C=O) groups excluding carboxylic acids is 3. The zero-order valence-corrected chi connectivity index (χ0v) is 9.58. The van der Waals surface area contributed by atoms with Crippen LogP contribution in [0.1, 0.15) is 40.0 Å². The molecule has 0 aliphatic carbocycles. The minimum absolute atomic E-state index is 0.0670. The van der Waals surface area contributed by atoms with E-state index in [-0.39, 0.29) is 30.4 Å². The lowest BCUT2D eigenvalue weighted by Gasteiger charge is -2.15. The number of rotatable bonds is 7. The van der Waals surface area contributed by atoms with E-state index in [4.69, 9.17) is 0 Å². The van der Waals surface area contributed by atoms with E-state index < -0.39 is 6.04 Å². The van der Waals surface area contributed by atoms with Gasteiger partial charge < -0.3 is 10.1 Å². The van der Waals surface area contributed by atoms with E-state index in [9.17, 15) is 14.4 Å². The van der Waals surface area contributed by atoms with Crippen LogP contribution in [0.15, 0.2) is 0 Å². The van der Waals surface area contributed by atoms with E-state index in [2.05, 4.69) is 5.32 Å². The van der Waals surface area contributed by atoms with Gasteiger partial charge in [0.15, 0.2) is 0 Å². The molecule has 86 valence electrons. The van der Waals surface area contributed by atoms with Gasteiger partial charge in [-0.1, -0.05) is 20.8 Å². The van der Waals surface area contributed by atoms with Gasteiger partial charge in [-0.2, -0.15) is 0 Å². The Morgan fingerprint density at radius 2 is 1.87 bits per heavy atom. The summed E-state index contributed by atoms with van der Waals surface area (Å²) < 4.78 is 0. The Kier molecular flexibility index (Phi) is 6.58. The summed E-state index contributed by atoms with van der Waals surface area (Å²) in [5.41, 5.74) is 0. The molecule has 15 heavy (non-hydrogen) atoms. The first-order chi connectivity index (χ1) is 7.01. The summed E-state index contributed by atoms with van der Waals surface area (Å²) in [4.78, 5) is 32.9. The van der Waals surface area contributed by atoms with E-state index in [1.165, 1.54) is 0 Å². The first-order valence-corrected chi connectivity index (χ1v) is 5.27. The number of amides is 1. The lowest BCUT2D eigenvalue weighted by atomic mass is 10.1. The minimum atomic E-state index is -0.450. The third kappa shape index (κ3) is 5.99. The first kappa shape index (κ1) is 13.8. The van der Waals surface area contributed by atoms with Crippen LogP contribution in [0.5, 0.6) is 0 Å². The van der Waals surface area contributed by atoms with Gasteiger partial charge in [0, 0.05) is 19.3 Å². The van der Waals surface area contributed by atoms with Crippen LogP contribution in [0.25, 0.3) is 0 Å². The molecule has 1 atom stereocenters. The fraction of sp³-hybridized carbons (Fsp3) is 0.727. The van der Waals surface area contributed by atoms with Gasteiger partial charge in [-0.15, -0.1) is 0 Å². The number of nitrogens with one attached hydrogen (secondary N) is 1. The first-order valence-electron chi connectivity index (χ1n) is 5.27. The summed E-state index contributed by atoms with van der Waals surface area (Å²) in [7, 11) is 0. The third-order valence-electron chi connectivity index (χ3n) is 2.22. The SMILES string of the molecule is CCC(=O)CCC(=O)NC(C=O)C(C)C. The third-order valence-corrected chi connectivity index (χ3v) is 2.22. The second-order valence-corrected chi connectivity index (χ2v) is 3.87. The quantitative estimate of drug-likeness (QED) is 0.644. The van der Waals surface area contributed by atoms with Gasteiger partial charge in [-0.05, 0) is 5.92 Å². The fourth-order valence-electron chi connectivity index (χ4n) is 1.05. The Hall–Kier alpha value is -1.19. The molecule has 1 amide bonds. The highest BCUT2D eigenvalue weighted by atomic mass is 16.2. The molecule has 0 aliphatic rings. The van der Waals surface area contributed by atoms with Gasteiger partial charge in [0.1, 0.15) is 12.1 Å². The van der Waals surface area contributed by atoms with Crippen molar-refractivity contribution in [2.24, 2.45) is 5.92 Å².